The molecular weight excluding hydrogens is 308 g/mol. The minimum absolute atomic E-state index is 0.0153. The molecule has 3 nitrogen and oxygen atoms in total. The maximum absolute atomic E-state index is 9.16. The number of rotatable bonds is 2. The Labute approximate surface area is 148 Å². The van der Waals surface area contributed by atoms with Gasteiger partial charge in [0.2, 0.25) is 0 Å². The first-order valence-corrected chi connectivity index (χ1v) is 8.09. The van der Waals surface area contributed by atoms with Gasteiger partial charge in [-0.05, 0) is 48.6 Å². The lowest BCUT2D eigenvalue weighted by Gasteiger charge is -2.27. The summed E-state index contributed by atoms with van der Waals surface area (Å²) in [4.78, 5) is 0. The second kappa shape index (κ2) is 6.30. The smallest absolute Gasteiger partial charge is 0.171 e. The standard InChI is InChI=1S/C22H18N2O/c1-15-16(2)22(3,25-21(15)19(13-23)14-24)20-11-9-18(10-12-20)17-7-5-4-6-8-17/h4-12H,1-3H3. The van der Waals surface area contributed by atoms with Gasteiger partial charge in [0.1, 0.15) is 12.1 Å². The molecule has 1 heterocycles. The minimum Gasteiger partial charge on any atom is -0.476 e. The molecule has 0 saturated heterocycles. The van der Waals surface area contributed by atoms with E-state index in [2.05, 4.69) is 24.3 Å². The highest BCUT2D eigenvalue weighted by atomic mass is 16.5. The molecule has 3 rings (SSSR count). The van der Waals surface area contributed by atoms with Crippen LogP contribution < -0.4 is 0 Å². The average molecular weight is 326 g/mol. The van der Waals surface area contributed by atoms with Crippen LogP contribution in [0, 0.1) is 22.7 Å². The van der Waals surface area contributed by atoms with Crippen LogP contribution in [0.4, 0.5) is 0 Å². The van der Waals surface area contributed by atoms with Crippen LogP contribution in [0.5, 0.6) is 0 Å². The molecule has 2 aromatic rings. The van der Waals surface area contributed by atoms with Crippen LogP contribution in [0.1, 0.15) is 26.3 Å². The van der Waals surface area contributed by atoms with Crippen molar-refractivity contribution in [2.45, 2.75) is 26.4 Å². The maximum atomic E-state index is 9.16. The Bertz CT molecular complexity index is 938. The highest BCUT2D eigenvalue weighted by molar-refractivity contribution is 5.64. The molecule has 0 amide bonds. The molecule has 0 aliphatic carbocycles. The van der Waals surface area contributed by atoms with Gasteiger partial charge in [0, 0.05) is 0 Å². The molecule has 2 aromatic carbocycles. The third-order valence-electron chi connectivity index (χ3n) is 4.92. The summed E-state index contributed by atoms with van der Waals surface area (Å²) in [5.41, 5.74) is 4.50. The summed E-state index contributed by atoms with van der Waals surface area (Å²) < 4.78 is 6.11. The number of nitrogens with zero attached hydrogens (tertiary/aromatic N) is 2. The molecule has 0 radical (unpaired) electrons. The third-order valence-corrected chi connectivity index (χ3v) is 4.92. The molecule has 1 aliphatic heterocycles. The first kappa shape index (κ1) is 16.6. The summed E-state index contributed by atoms with van der Waals surface area (Å²) in [6.45, 7) is 5.85. The molecule has 1 unspecified atom stereocenters. The average Bonchev–Trinajstić information content (AvgIpc) is 2.89. The monoisotopic (exact) mass is 326 g/mol. The van der Waals surface area contributed by atoms with Crippen LogP contribution in [-0.4, -0.2) is 0 Å². The second-order valence-corrected chi connectivity index (χ2v) is 6.26. The van der Waals surface area contributed by atoms with Crippen molar-refractivity contribution in [3.05, 3.63) is 82.6 Å². The molecule has 0 spiro atoms. The number of allylic oxidation sites excluding steroid dienone is 2. The summed E-state index contributed by atoms with van der Waals surface area (Å²) in [7, 11) is 0. The normalized spacial score (nSPS) is 19.2. The summed E-state index contributed by atoms with van der Waals surface area (Å²) in [5, 5.41) is 18.3. The molecule has 1 aliphatic rings. The van der Waals surface area contributed by atoms with Crippen molar-refractivity contribution in [1.29, 1.82) is 10.5 Å². The van der Waals surface area contributed by atoms with Crippen LogP contribution in [0.25, 0.3) is 11.1 Å². The van der Waals surface area contributed by atoms with E-state index in [1.54, 1.807) is 0 Å². The van der Waals surface area contributed by atoms with Crippen molar-refractivity contribution in [2.75, 3.05) is 0 Å². The number of hydrogen-bond acceptors (Lipinski definition) is 3. The Hall–Kier alpha value is -3.30. The van der Waals surface area contributed by atoms with Gasteiger partial charge in [0.05, 0.1) is 0 Å². The highest BCUT2D eigenvalue weighted by Crippen LogP contribution is 2.46. The van der Waals surface area contributed by atoms with Gasteiger partial charge in [0.25, 0.3) is 0 Å². The second-order valence-electron chi connectivity index (χ2n) is 6.26. The number of nitriles is 2. The predicted octanol–water partition coefficient (Wildman–Crippen LogP) is 5.24. The van der Waals surface area contributed by atoms with Crippen molar-refractivity contribution in [3.63, 3.8) is 0 Å². The molecule has 1 atom stereocenters. The molecule has 0 bridgehead atoms. The Morgan fingerprint density at radius 1 is 0.880 bits per heavy atom. The van der Waals surface area contributed by atoms with Gasteiger partial charge < -0.3 is 4.74 Å². The quantitative estimate of drug-likeness (QED) is 0.709. The fraction of sp³-hybridized carbons (Fsp3) is 0.182. The lowest BCUT2D eigenvalue weighted by atomic mass is 9.87. The van der Waals surface area contributed by atoms with Crippen molar-refractivity contribution in [2.24, 2.45) is 0 Å². The van der Waals surface area contributed by atoms with E-state index < -0.39 is 5.60 Å². The van der Waals surface area contributed by atoms with Crippen LogP contribution in [-0.2, 0) is 10.3 Å². The fourth-order valence-electron chi connectivity index (χ4n) is 3.14. The highest BCUT2D eigenvalue weighted by Gasteiger charge is 2.40. The van der Waals surface area contributed by atoms with E-state index in [1.807, 2.05) is 63.2 Å². The maximum Gasteiger partial charge on any atom is 0.171 e. The molecule has 0 N–H and O–H groups in total. The van der Waals surface area contributed by atoms with Crippen molar-refractivity contribution in [1.82, 2.24) is 0 Å². The SMILES string of the molecule is CC1=C(C)C(C)(c2ccc(-c3ccccc3)cc2)OC1=C(C#N)C#N. The summed E-state index contributed by atoms with van der Waals surface area (Å²) >= 11 is 0. The van der Waals surface area contributed by atoms with Crippen LogP contribution in [0.15, 0.2) is 77.1 Å². The molecule has 3 heteroatoms. The molecule has 0 fully saturated rings. The summed E-state index contributed by atoms with van der Waals surface area (Å²) in [6.07, 6.45) is 0. The van der Waals surface area contributed by atoms with Gasteiger partial charge in [-0.15, -0.1) is 0 Å². The predicted molar refractivity (Wildman–Crippen MR) is 96.9 cm³/mol. The Balaban J connectivity index is 2.02. The van der Waals surface area contributed by atoms with E-state index in [9.17, 15) is 0 Å². The number of benzene rings is 2. The van der Waals surface area contributed by atoms with Crippen molar-refractivity contribution in [3.8, 4) is 23.3 Å². The van der Waals surface area contributed by atoms with E-state index in [0.29, 0.717) is 5.76 Å². The van der Waals surface area contributed by atoms with Gasteiger partial charge in [-0.3, -0.25) is 0 Å². The van der Waals surface area contributed by atoms with E-state index >= 15 is 0 Å². The molecule has 122 valence electrons. The number of ether oxygens (including phenoxy) is 1. The topological polar surface area (TPSA) is 56.8 Å². The molecular formula is C22H18N2O. The van der Waals surface area contributed by atoms with Crippen molar-refractivity contribution >= 4 is 0 Å². The third kappa shape index (κ3) is 2.71. The van der Waals surface area contributed by atoms with Crippen LogP contribution in [0.2, 0.25) is 0 Å². The zero-order valence-corrected chi connectivity index (χ0v) is 14.5. The van der Waals surface area contributed by atoms with Gasteiger partial charge in [0.15, 0.2) is 16.9 Å². The van der Waals surface area contributed by atoms with Gasteiger partial charge in [-0.1, -0.05) is 54.6 Å². The molecule has 0 aromatic heterocycles. The van der Waals surface area contributed by atoms with Gasteiger partial charge in [-0.2, -0.15) is 10.5 Å². The van der Waals surface area contributed by atoms with Crippen LogP contribution >= 0.6 is 0 Å². The van der Waals surface area contributed by atoms with E-state index in [4.69, 9.17) is 15.3 Å². The Morgan fingerprint density at radius 3 is 2.00 bits per heavy atom. The number of hydrogen-bond donors (Lipinski definition) is 0. The largest absolute Gasteiger partial charge is 0.476 e. The minimum atomic E-state index is -0.673. The van der Waals surface area contributed by atoms with E-state index in [-0.39, 0.29) is 5.57 Å². The lowest BCUT2D eigenvalue weighted by Crippen LogP contribution is -2.22. The Morgan fingerprint density at radius 2 is 1.44 bits per heavy atom. The Kier molecular flexibility index (Phi) is 4.17. The molecule has 25 heavy (non-hydrogen) atoms. The van der Waals surface area contributed by atoms with E-state index in [1.165, 1.54) is 0 Å². The lowest BCUT2D eigenvalue weighted by molar-refractivity contribution is 0.0726. The van der Waals surface area contributed by atoms with Crippen LogP contribution in [0.3, 0.4) is 0 Å². The summed E-state index contributed by atoms with van der Waals surface area (Å²) in [6, 6.07) is 22.3. The summed E-state index contributed by atoms with van der Waals surface area (Å²) in [5.74, 6) is 0.386. The zero-order chi connectivity index (χ0) is 18.0. The first-order valence-electron chi connectivity index (χ1n) is 8.09. The van der Waals surface area contributed by atoms with Gasteiger partial charge in [-0.25, -0.2) is 0 Å². The van der Waals surface area contributed by atoms with Gasteiger partial charge >= 0.3 is 0 Å². The zero-order valence-electron chi connectivity index (χ0n) is 14.5. The first-order chi connectivity index (χ1) is 12.0. The fourth-order valence-corrected chi connectivity index (χ4v) is 3.14. The van der Waals surface area contributed by atoms with E-state index in [0.717, 1.165) is 27.8 Å². The van der Waals surface area contributed by atoms with Crippen molar-refractivity contribution < 1.29 is 4.74 Å². The molecule has 0 saturated carbocycles.